The van der Waals surface area contributed by atoms with Crippen LogP contribution >= 0.6 is 0 Å². The predicted molar refractivity (Wildman–Crippen MR) is 125 cm³/mol. The van der Waals surface area contributed by atoms with E-state index in [4.69, 9.17) is 11.0 Å². The highest BCUT2D eigenvalue weighted by molar-refractivity contribution is 5.94. The summed E-state index contributed by atoms with van der Waals surface area (Å²) in [7, 11) is 0. The number of halogens is 1. The van der Waals surface area contributed by atoms with E-state index in [1.54, 1.807) is 0 Å². The summed E-state index contributed by atoms with van der Waals surface area (Å²) in [5.74, 6) is -0.508. The molecule has 1 aromatic heterocycles. The van der Waals surface area contributed by atoms with Gasteiger partial charge in [0.1, 0.15) is 5.82 Å². The van der Waals surface area contributed by atoms with Crippen LogP contribution < -0.4 is 16.2 Å². The number of anilines is 2. The number of nitrogens with zero attached hydrogens (tertiary/aromatic N) is 3. The molecule has 1 aliphatic carbocycles. The number of aromatic nitrogens is 1. The molecule has 5 rings (SSSR count). The Morgan fingerprint density at radius 2 is 1.91 bits per heavy atom. The lowest BCUT2D eigenvalue weighted by atomic mass is 10.1. The Morgan fingerprint density at radius 3 is 2.69 bits per heavy atom. The van der Waals surface area contributed by atoms with Crippen LogP contribution in [0.25, 0.3) is 16.3 Å². The number of nitrogens with two attached hydrogens (primary N) is 1. The average Bonchev–Trinajstić information content (AvgIpc) is 3.30. The first-order chi connectivity index (χ1) is 15.5. The first-order valence-electron chi connectivity index (χ1n) is 10.8. The Bertz CT molecular complexity index is 1310. The summed E-state index contributed by atoms with van der Waals surface area (Å²) in [5, 5.41) is 10.0. The van der Waals surface area contributed by atoms with Gasteiger partial charge >= 0.3 is 0 Å². The number of piperazine rings is 1. The number of aromatic amines is 1. The molecule has 0 saturated carbocycles. The van der Waals surface area contributed by atoms with Crippen molar-refractivity contribution in [3.05, 3.63) is 76.0 Å². The molecule has 3 N–H and O–H groups in total. The Balaban J connectivity index is 1.32. The molecule has 1 atom stereocenters. The molecule has 3 aromatic rings. The average molecular weight is 429 g/mol. The van der Waals surface area contributed by atoms with Crippen LogP contribution in [0.15, 0.2) is 53.3 Å². The molecule has 2 heterocycles. The molecule has 32 heavy (non-hydrogen) atoms. The highest BCUT2D eigenvalue weighted by Crippen LogP contribution is 2.32. The van der Waals surface area contributed by atoms with E-state index in [0.29, 0.717) is 17.0 Å². The minimum atomic E-state index is -0.508. The number of allylic oxidation sites excluding steroid dienone is 1. The summed E-state index contributed by atoms with van der Waals surface area (Å²) >= 11 is 0. The van der Waals surface area contributed by atoms with E-state index < -0.39 is 5.82 Å². The minimum Gasteiger partial charge on any atom is -0.398 e. The third-order valence-electron chi connectivity index (χ3n) is 6.53. The van der Waals surface area contributed by atoms with Crippen molar-refractivity contribution < 1.29 is 4.39 Å². The van der Waals surface area contributed by atoms with Crippen LogP contribution in [0.5, 0.6) is 0 Å². The van der Waals surface area contributed by atoms with E-state index >= 15 is 0 Å². The fraction of sp³-hybridized carbons (Fsp3) is 0.280. The molecule has 1 unspecified atom stereocenters. The topological polar surface area (TPSA) is 89.2 Å². The van der Waals surface area contributed by atoms with Gasteiger partial charge in [0.2, 0.25) is 0 Å². The van der Waals surface area contributed by atoms with Crippen LogP contribution in [0.4, 0.5) is 15.8 Å². The van der Waals surface area contributed by atoms with Gasteiger partial charge in [-0.2, -0.15) is 5.26 Å². The second kappa shape index (κ2) is 8.13. The van der Waals surface area contributed by atoms with Gasteiger partial charge in [-0.05, 0) is 54.8 Å². The van der Waals surface area contributed by atoms with E-state index in [9.17, 15) is 9.18 Å². The predicted octanol–water partition coefficient (Wildman–Crippen LogP) is 3.49. The number of rotatable bonds is 3. The summed E-state index contributed by atoms with van der Waals surface area (Å²) in [6.45, 7) is 3.68. The van der Waals surface area contributed by atoms with Gasteiger partial charge in [-0.25, -0.2) is 4.39 Å². The van der Waals surface area contributed by atoms with Gasteiger partial charge in [-0.15, -0.1) is 0 Å². The largest absolute Gasteiger partial charge is 0.398 e. The number of hydrogen-bond acceptors (Lipinski definition) is 5. The van der Waals surface area contributed by atoms with Crippen LogP contribution in [0, 0.1) is 17.1 Å². The van der Waals surface area contributed by atoms with Gasteiger partial charge < -0.3 is 15.6 Å². The SMILES string of the molecule is N#Cc1cccc(N2CCN(C3C=C(c4cc5c(N)cc(F)cc5c(=O)[nH]4)CC3)CC2)c1. The Kier molecular flexibility index (Phi) is 5.16. The summed E-state index contributed by atoms with van der Waals surface area (Å²) < 4.78 is 13.6. The van der Waals surface area contributed by atoms with Crippen molar-refractivity contribution in [1.29, 1.82) is 5.26 Å². The fourth-order valence-corrected chi connectivity index (χ4v) is 4.83. The zero-order valence-corrected chi connectivity index (χ0v) is 17.6. The number of benzene rings is 2. The van der Waals surface area contributed by atoms with Crippen molar-refractivity contribution in [3.8, 4) is 6.07 Å². The maximum absolute atomic E-state index is 13.6. The molecule has 0 radical (unpaired) electrons. The fourth-order valence-electron chi connectivity index (χ4n) is 4.83. The summed E-state index contributed by atoms with van der Waals surface area (Å²) in [4.78, 5) is 20.2. The second-order valence-corrected chi connectivity index (χ2v) is 8.45. The molecule has 1 aliphatic heterocycles. The molecule has 2 aromatic carbocycles. The lowest BCUT2D eigenvalue weighted by Crippen LogP contribution is -2.49. The van der Waals surface area contributed by atoms with Crippen molar-refractivity contribution >= 4 is 27.7 Å². The van der Waals surface area contributed by atoms with Crippen LogP contribution in [0.3, 0.4) is 0 Å². The number of hydrogen-bond donors (Lipinski definition) is 2. The molecule has 1 saturated heterocycles. The molecule has 0 amide bonds. The molecule has 6 nitrogen and oxygen atoms in total. The van der Waals surface area contributed by atoms with Gasteiger partial charge in [-0.1, -0.05) is 12.1 Å². The summed E-state index contributed by atoms with van der Waals surface area (Å²) in [6, 6.07) is 14.6. The molecule has 162 valence electrons. The maximum atomic E-state index is 13.6. The zero-order chi connectivity index (χ0) is 22.2. The number of nitriles is 1. The quantitative estimate of drug-likeness (QED) is 0.622. The number of fused-ring (bicyclic) bond motifs is 1. The molecule has 2 aliphatic rings. The summed E-state index contributed by atoms with van der Waals surface area (Å²) in [5.41, 5.74) is 9.56. The van der Waals surface area contributed by atoms with E-state index in [0.717, 1.165) is 56.0 Å². The van der Waals surface area contributed by atoms with Crippen LogP contribution in [0.1, 0.15) is 24.1 Å². The number of nitrogens with one attached hydrogen (secondary N) is 1. The number of nitrogen functional groups attached to an aromatic ring is 1. The second-order valence-electron chi connectivity index (χ2n) is 8.45. The highest BCUT2D eigenvalue weighted by Gasteiger charge is 2.27. The van der Waals surface area contributed by atoms with Gasteiger partial charge in [0, 0.05) is 54.7 Å². The van der Waals surface area contributed by atoms with Crippen LogP contribution in [0.2, 0.25) is 0 Å². The Morgan fingerprint density at radius 1 is 1.09 bits per heavy atom. The number of pyridine rings is 1. The smallest absolute Gasteiger partial charge is 0.256 e. The molecular formula is C25H24FN5O. The first-order valence-corrected chi connectivity index (χ1v) is 10.8. The molecule has 7 heteroatoms. The van der Waals surface area contributed by atoms with Gasteiger partial charge in [0.15, 0.2) is 0 Å². The molecular weight excluding hydrogens is 405 g/mol. The minimum absolute atomic E-state index is 0.276. The standard InChI is InChI=1S/C25H24FN5O/c26-18-12-22-21(23(28)13-18)14-24(29-25(22)32)17-4-5-20(11-17)31-8-6-30(7-9-31)19-3-1-2-16(10-19)15-27/h1-3,10-14,20H,4-9,28H2,(H,29,32). The van der Waals surface area contributed by atoms with Crippen molar-refractivity contribution in [3.63, 3.8) is 0 Å². The van der Waals surface area contributed by atoms with Crippen molar-refractivity contribution in [1.82, 2.24) is 9.88 Å². The lowest BCUT2D eigenvalue weighted by molar-refractivity contribution is 0.214. The van der Waals surface area contributed by atoms with E-state index in [1.807, 2.05) is 24.3 Å². The van der Waals surface area contributed by atoms with Gasteiger partial charge in [0.25, 0.3) is 5.56 Å². The zero-order valence-electron chi connectivity index (χ0n) is 17.6. The maximum Gasteiger partial charge on any atom is 0.256 e. The van der Waals surface area contributed by atoms with Crippen molar-refractivity contribution in [2.45, 2.75) is 18.9 Å². The third-order valence-corrected chi connectivity index (χ3v) is 6.53. The Hall–Kier alpha value is -3.63. The summed E-state index contributed by atoms with van der Waals surface area (Å²) in [6.07, 6.45) is 4.11. The van der Waals surface area contributed by atoms with Crippen LogP contribution in [-0.4, -0.2) is 42.1 Å². The highest BCUT2D eigenvalue weighted by atomic mass is 19.1. The molecule has 0 spiro atoms. The Labute approximate surface area is 185 Å². The van der Waals surface area contributed by atoms with Gasteiger partial charge in [0.05, 0.1) is 17.0 Å². The normalized spacial score (nSPS) is 19.2. The van der Waals surface area contributed by atoms with E-state index in [-0.39, 0.29) is 16.6 Å². The first kappa shape index (κ1) is 20.3. The monoisotopic (exact) mass is 429 g/mol. The van der Waals surface area contributed by atoms with Gasteiger partial charge in [-0.3, -0.25) is 9.69 Å². The number of H-pyrrole nitrogens is 1. The molecule has 0 bridgehead atoms. The van der Waals surface area contributed by atoms with E-state index in [1.165, 1.54) is 12.1 Å². The van der Waals surface area contributed by atoms with Crippen molar-refractivity contribution in [2.24, 2.45) is 0 Å². The lowest BCUT2D eigenvalue weighted by Gasteiger charge is -2.38. The van der Waals surface area contributed by atoms with E-state index in [2.05, 4.69) is 33.0 Å². The van der Waals surface area contributed by atoms with Crippen molar-refractivity contribution in [2.75, 3.05) is 36.8 Å². The third kappa shape index (κ3) is 3.74. The van der Waals surface area contributed by atoms with Crippen LogP contribution in [-0.2, 0) is 0 Å². The molecule has 1 fully saturated rings.